The Bertz CT molecular complexity index is 456. The van der Waals surface area contributed by atoms with Gasteiger partial charge in [0.05, 0.1) is 6.61 Å². The Morgan fingerprint density at radius 2 is 2.05 bits per heavy atom. The van der Waals surface area contributed by atoms with Crippen LogP contribution in [0.1, 0.15) is 12.8 Å². The number of nitrogens with one attached hydrogen (secondary N) is 2. The number of amides is 2. The molecule has 7 heteroatoms. The molecule has 0 bridgehead atoms. The summed E-state index contributed by atoms with van der Waals surface area (Å²) < 4.78 is 5.49. The molecule has 0 aliphatic carbocycles. The highest BCUT2D eigenvalue weighted by Crippen LogP contribution is 2.08. The fourth-order valence-corrected chi connectivity index (χ4v) is 2.15. The summed E-state index contributed by atoms with van der Waals surface area (Å²) in [4.78, 5) is 22.6. The molecule has 1 aromatic rings. The van der Waals surface area contributed by atoms with Crippen LogP contribution in [0.4, 0.5) is 4.79 Å². The zero-order valence-corrected chi connectivity index (χ0v) is 13.4. The molecule has 0 radical (unpaired) electrons. The summed E-state index contributed by atoms with van der Waals surface area (Å²) in [6.45, 7) is 0.909. The van der Waals surface area contributed by atoms with E-state index in [0.717, 1.165) is 5.75 Å². The van der Waals surface area contributed by atoms with Gasteiger partial charge in [-0.2, -0.15) is 11.8 Å². The minimum Gasteiger partial charge on any atom is -0.494 e. The molecule has 6 nitrogen and oxygen atoms in total. The first kappa shape index (κ1) is 18.2. The third-order valence-electron chi connectivity index (χ3n) is 2.83. The van der Waals surface area contributed by atoms with Crippen molar-refractivity contribution in [3.05, 3.63) is 30.3 Å². The van der Waals surface area contributed by atoms with Crippen LogP contribution in [0.15, 0.2) is 30.3 Å². The molecule has 0 aliphatic rings. The van der Waals surface area contributed by atoms with Crippen molar-refractivity contribution in [3.63, 3.8) is 0 Å². The van der Waals surface area contributed by atoms with E-state index in [-0.39, 0.29) is 0 Å². The summed E-state index contributed by atoms with van der Waals surface area (Å²) in [5.74, 6) is 0.453. The molecule has 0 aliphatic heterocycles. The number of ether oxygens (including phenoxy) is 1. The van der Waals surface area contributed by atoms with Gasteiger partial charge < -0.3 is 20.5 Å². The lowest BCUT2D eigenvalue weighted by molar-refractivity contribution is -0.139. The van der Waals surface area contributed by atoms with Crippen LogP contribution in [-0.4, -0.2) is 48.3 Å². The quantitative estimate of drug-likeness (QED) is 0.572. The van der Waals surface area contributed by atoms with Crippen molar-refractivity contribution in [2.24, 2.45) is 0 Å². The van der Waals surface area contributed by atoms with E-state index in [1.165, 1.54) is 0 Å². The summed E-state index contributed by atoms with van der Waals surface area (Å²) in [6.07, 6.45) is 2.94. The van der Waals surface area contributed by atoms with Gasteiger partial charge in [0.25, 0.3) is 0 Å². The molecule has 2 amide bonds. The molecule has 122 valence electrons. The fraction of sp³-hybridized carbons (Fsp3) is 0.467. The highest BCUT2D eigenvalue weighted by atomic mass is 32.2. The smallest absolute Gasteiger partial charge is 0.326 e. The molecule has 1 unspecified atom stereocenters. The van der Waals surface area contributed by atoms with E-state index in [1.807, 2.05) is 36.6 Å². The van der Waals surface area contributed by atoms with E-state index in [0.29, 0.717) is 31.7 Å². The van der Waals surface area contributed by atoms with Gasteiger partial charge in [0.1, 0.15) is 11.8 Å². The summed E-state index contributed by atoms with van der Waals surface area (Å²) in [5, 5.41) is 14.1. The van der Waals surface area contributed by atoms with E-state index in [9.17, 15) is 9.59 Å². The molecule has 0 saturated carbocycles. The van der Waals surface area contributed by atoms with Crippen LogP contribution in [0.3, 0.4) is 0 Å². The minimum atomic E-state index is -1.02. The van der Waals surface area contributed by atoms with Crippen molar-refractivity contribution in [2.45, 2.75) is 18.9 Å². The van der Waals surface area contributed by atoms with Crippen molar-refractivity contribution < 1.29 is 19.4 Å². The van der Waals surface area contributed by atoms with Crippen LogP contribution in [-0.2, 0) is 4.79 Å². The van der Waals surface area contributed by atoms with E-state index in [1.54, 1.807) is 11.8 Å². The highest BCUT2D eigenvalue weighted by molar-refractivity contribution is 7.98. The monoisotopic (exact) mass is 326 g/mol. The topological polar surface area (TPSA) is 87.7 Å². The highest BCUT2D eigenvalue weighted by Gasteiger charge is 2.18. The first-order valence-corrected chi connectivity index (χ1v) is 8.47. The summed E-state index contributed by atoms with van der Waals surface area (Å²) >= 11 is 1.55. The molecule has 0 fully saturated rings. The van der Waals surface area contributed by atoms with Crippen LogP contribution in [0.25, 0.3) is 0 Å². The van der Waals surface area contributed by atoms with Crippen molar-refractivity contribution in [1.29, 1.82) is 0 Å². The third-order valence-corrected chi connectivity index (χ3v) is 3.48. The van der Waals surface area contributed by atoms with Crippen LogP contribution in [0.5, 0.6) is 5.75 Å². The second-order valence-electron chi connectivity index (χ2n) is 4.59. The normalized spacial score (nSPS) is 11.5. The van der Waals surface area contributed by atoms with Gasteiger partial charge >= 0.3 is 12.0 Å². The number of urea groups is 1. The van der Waals surface area contributed by atoms with Crippen LogP contribution < -0.4 is 15.4 Å². The average molecular weight is 326 g/mol. The Labute approximate surface area is 134 Å². The number of para-hydroxylation sites is 1. The van der Waals surface area contributed by atoms with Crippen molar-refractivity contribution in [1.82, 2.24) is 10.6 Å². The molecule has 1 rings (SSSR count). The number of hydrogen-bond donors (Lipinski definition) is 3. The number of hydrogen-bond acceptors (Lipinski definition) is 4. The molecule has 0 aromatic heterocycles. The van der Waals surface area contributed by atoms with Crippen molar-refractivity contribution in [3.8, 4) is 5.75 Å². The maximum atomic E-state index is 11.6. The lowest BCUT2D eigenvalue weighted by Gasteiger charge is -2.14. The zero-order chi connectivity index (χ0) is 16.2. The summed E-state index contributed by atoms with van der Waals surface area (Å²) in [7, 11) is 0. The van der Waals surface area contributed by atoms with E-state index in [2.05, 4.69) is 10.6 Å². The Morgan fingerprint density at radius 1 is 1.32 bits per heavy atom. The number of carbonyl (C=O) groups excluding carboxylic acids is 1. The average Bonchev–Trinajstić information content (AvgIpc) is 2.51. The molecule has 0 saturated heterocycles. The minimum absolute atomic E-state index is 0.404. The molecular formula is C15H22N2O4S. The zero-order valence-electron chi connectivity index (χ0n) is 12.6. The van der Waals surface area contributed by atoms with Gasteiger partial charge in [-0.05, 0) is 37.0 Å². The SMILES string of the molecule is CSCCC(NC(=O)NCCCOc1ccccc1)C(=O)O. The molecule has 1 atom stereocenters. The van der Waals surface area contributed by atoms with Gasteiger partial charge in [-0.1, -0.05) is 18.2 Å². The van der Waals surface area contributed by atoms with Gasteiger partial charge in [0.2, 0.25) is 0 Å². The third kappa shape index (κ3) is 7.78. The molecule has 22 heavy (non-hydrogen) atoms. The maximum absolute atomic E-state index is 11.6. The Morgan fingerprint density at radius 3 is 2.68 bits per heavy atom. The number of aliphatic carboxylic acids is 1. The van der Waals surface area contributed by atoms with Crippen molar-refractivity contribution >= 4 is 23.8 Å². The largest absolute Gasteiger partial charge is 0.494 e. The molecule has 0 heterocycles. The van der Waals surface area contributed by atoms with E-state index in [4.69, 9.17) is 9.84 Å². The molecule has 3 N–H and O–H groups in total. The van der Waals surface area contributed by atoms with Crippen LogP contribution in [0, 0.1) is 0 Å². The predicted molar refractivity (Wildman–Crippen MR) is 87.5 cm³/mol. The number of carbonyl (C=O) groups is 2. The number of rotatable bonds is 10. The number of benzene rings is 1. The van der Waals surface area contributed by atoms with Crippen LogP contribution in [0.2, 0.25) is 0 Å². The Kier molecular flexibility index (Phi) is 8.90. The van der Waals surface area contributed by atoms with Gasteiger partial charge in [-0.25, -0.2) is 9.59 Å². The number of thioether (sulfide) groups is 1. The summed E-state index contributed by atoms with van der Waals surface area (Å²) in [6, 6.07) is 8.10. The lowest BCUT2D eigenvalue weighted by atomic mass is 10.2. The molecule has 0 spiro atoms. The van der Waals surface area contributed by atoms with Gasteiger partial charge in [0.15, 0.2) is 0 Å². The second-order valence-corrected chi connectivity index (χ2v) is 5.57. The maximum Gasteiger partial charge on any atom is 0.326 e. The lowest BCUT2D eigenvalue weighted by Crippen LogP contribution is -2.46. The Hall–Kier alpha value is -1.89. The van der Waals surface area contributed by atoms with Gasteiger partial charge in [-0.15, -0.1) is 0 Å². The predicted octanol–water partition coefficient (Wildman–Crippen LogP) is 1.96. The molecular weight excluding hydrogens is 304 g/mol. The standard InChI is InChI=1S/C15H22N2O4S/c1-22-11-8-13(14(18)19)17-15(20)16-9-5-10-21-12-6-3-2-4-7-12/h2-4,6-7,13H,5,8-11H2,1H3,(H,18,19)(H2,16,17,20). The second kappa shape index (κ2) is 10.8. The van der Waals surface area contributed by atoms with Crippen molar-refractivity contribution in [2.75, 3.05) is 25.2 Å². The Balaban J connectivity index is 2.15. The molecule has 1 aromatic carbocycles. The van der Waals surface area contributed by atoms with Gasteiger partial charge in [0, 0.05) is 6.54 Å². The van der Waals surface area contributed by atoms with Gasteiger partial charge in [-0.3, -0.25) is 0 Å². The fourth-order valence-electron chi connectivity index (χ4n) is 1.68. The number of carboxylic acid groups (broad SMARTS) is 1. The first-order valence-electron chi connectivity index (χ1n) is 7.07. The summed E-state index contributed by atoms with van der Waals surface area (Å²) in [5.41, 5.74) is 0. The van der Waals surface area contributed by atoms with E-state index < -0.39 is 18.0 Å². The van der Waals surface area contributed by atoms with E-state index >= 15 is 0 Å². The van der Waals surface area contributed by atoms with Crippen LogP contribution >= 0.6 is 11.8 Å². The number of carboxylic acids is 1. The first-order chi connectivity index (χ1) is 10.6.